The highest BCUT2D eigenvalue weighted by atomic mass is 16.3. The molecule has 0 heterocycles. The molecule has 1 fully saturated rings. The number of amides is 1. The summed E-state index contributed by atoms with van der Waals surface area (Å²) in [6, 6.07) is 0.730. The van der Waals surface area contributed by atoms with Crippen LogP contribution < -0.4 is 0 Å². The average molecular weight is 242 g/mol. The normalized spacial score (nSPS) is 17.1. The van der Waals surface area contributed by atoms with Crippen molar-refractivity contribution >= 4 is 5.91 Å². The topological polar surface area (TPSA) is 43.8 Å². The van der Waals surface area contributed by atoms with Crippen LogP contribution in [0.4, 0.5) is 0 Å². The predicted molar refractivity (Wildman–Crippen MR) is 68.8 cm³/mol. The summed E-state index contributed by atoms with van der Waals surface area (Å²) < 4.78 is 0. The Morgan fingerprint density at radius 3 is 2.41 bits per heavy atom. The van der Waals surface area contributed by atoms with Gasteiger partial charge in [0.25, 0.3) is 0 Å². The predicted octanol–water partition coefficient (Wildman–Crippen LogP) is 1.09. The summed E-state index contributed by atoms with van der Waals surface area (Å²) in [7, 11) is 1.85. The molecule has 1 aliphatic rings. The Morgan fingerprint density at radius 2 is 1.94 bits per heavy atom. The van der Waals surface area contributed by atoms with Crippen LogP contribution in [-0.2, 0) is 4.79 Å². The van der Waals surface area contributed by atoms with Gasteiger partial charge >= 0.3 is 0 Å². The number of hydrogen-bond donors (Lipinski definition) is 1. The minimum atomic E-state index is 0.134. The second kappa shape index (κ2) is 6.97. The molecule has 1 rings (SSSR count). The van der Waals surface area contributed by atoms with Crippen molar-refractivity contribution in [2.75, 3.05) is 26.7 Å². The Labute approximate surface area is 105 Å². The number of likely N-dealkylation sites (N-methyl/N-ethyl adjacent to an activating group) is 1. The van der Waals surface area contributed by atoms with E-state index in [-0.39, 0.29) is 18.6 Å². The minimum Gasteiger partial charge on any atom is -0.395 e. The van der Waals surface area contributed by atoms with Crippen LogP contribution in [0, 0.1) is 0 Å². The Kier molecular flexibility index (Phi) is 5.92. The SMILES string of the molecule is CC(C)N(C)C(=O)CN(CCO)C1CCCC1. The maximum Gasteiger partial charge on any atom is 0.236 e. The third-order valence-corrected chi connectivity index (χ3v) is 3.73. The maximum absolute atomic E-state index is 12.0. The van der Waals surface area contributed by atoms with Gasteiger partial charge in [0.05, 0.1) is 13.2 Å². The van der Waals surface area contributed by atoms with Gasteiger partial charge in [0.2, 0.25) is 5.91 Å². The van der Waals surface area contributed by atoms with Crippen LogP contribution in [0.5, 0.6) is 0 Å². The average Bonchev–Trinajstić information content (AvgIpc) is 2.80. The molecular weight excluding hydrogens is 216 g/mol. The summed E-state index contributed by atoms with van der Waals surface area (Å²) >= 11 is 0. The van der Waals surface area contributed by atoms with Crippen LogP contribution in [-0.4, -0.2) is 59.6 Å². The van der Waals surface area contributed by atoms with Crippen LogP contribution >= 0.6 is 0 Å². The van der Waals surface area contributed by atoms with Gasteiger partial charge in [0.15, 0.2) is 0 Å². The molecule has 0 radical (unpaired) electrons. The van der Waals surface area contributed by atoms with E-state index in [1.54, 1.807) is 4.90 Å². The molecule has 4 nitrogen and oxygen atoms in total. The smallest absolute Gasteiger partial charge is 0.236 e. The first-order chi connectivity index (χ1) is 8.06. The fourth-order valence-corrected chi connectivity index (χ4v) is 2.36. The maximum atomic E-state index is 12.0. The lowest BCUT2D eigenvalue weighted by Crippen LogP contribution is -2.45. The zero-order chi connectivity index (χ0) is 12.8. The first kappa shape index (κ1) is 14.5. The van der Waals surface area contributed by atoms with E-state index in [2.05, 4.69) is 4.90 Å². The highest BCUT2D eigenvalue weighted by Gasteiger charge is 2.25. The summed E-state index contributed by atoms with van der Waals surface area (Å²) in [6.45, 7) is 5.23. The number of carbonyl (C=O) groups is 1. The molecule has 1 aliphatic carbocycles. The lowest BCUT2D eigenvalue weighted by Gasteiger charge is -2.30. The van der Waals surface area contributed by atoms with Gasteiger partial charge in [0, 0.05) is 25.7 Å². The first-order valence-corrected chi connectivity index (χ1v) is 6.66. The zero-order valence-electron chi connectivity index (χ0n) is 11.4. The van der Waals surface area contributed by atoms with E-state index in [1.807, 2.05) is 20.9 Å². The Hall–Kier alpha value is -0.610. The van der Waals surface area contributed by atoms with Gasteiger partial charge in [0.1, 0.15) is 0 Å². The highest BCUT2D eigenvalue weighted by Crippen LogP contribution is 2.23. The number of carbonyl (C=O) groups excluding carboxylic acids is 1. The molecule has 0 aliphatic heterocycles. The van der Waals surface area contributed by atoms with Crippen molar-refractivity contribution in [2.24, 2.45) is 0 Å². The molecule has 100 valence electrons. The summed E-state index contributed by atoms with van der Waals surface area (Å²) in [4.78, 5) is 16.0. The van der Waals surface area contributed by atoms with Gasteiger partial charge in [-0.25, -0.2) is 0 Å². The Morgan fingerprint density at radius 1 is 1.35 bits per heavy atom. The number of aliphatic hydroxyl groups is 1. The van der Waals surface area contributed by atoms with Gasteiger partial charge < -0.3 is 10.0 Å². The monoisotopic (exact) mass is 242 g/mol. The molecule has 0 atom stereocenters. The van der Waals surface area contributed by atoms with Crippen LogP contribution in [0.25, 0.3) is 0 Å². The molecular formula is C13H26N2O2. The minimum absolute atomic E-state index is 0.134. The Balaban J connectivity index is 2.50. The summed E-state index contributed by atoms with van der Waals surface area (Å²) in [5.74, 6) is 0.153. The van der Waals surface area contributed by atoms with Crippen LogP contribution in [0.2, 0.25) is 0 Å². The van der Waals surface area contributed by atoms with E-state index >= 15 is 0 Å². The molecule has 0 saturated heterocycles. The van der Waals surface area contributed by atoms with Gasteiger partial charge in [-0.2, -0.15) is 0 Å². The standard InChI is InChI=1S/C13H26N2O2/c1-11(2)14(3)13(17)10-15(8-9-16)12-6-4-5-7-12/h11-12,16H,4-10H2,1-3H3. The summed E-state index contributed by atoms with van der Waals surface area (Å²) in [5, 5.41) is 9.09. The van der Waals surface area contributed by atoms with E-state index < -0.39 is 0 Å². The molecule has 0 unspecified atom stereocenters. The molecule has 4 heteroatoms. The van der Waals surface area contributed by atoms with Crippen molar-refractivity contribution in [2.45, 2.75) is 51.6 Å². The molecule has 1 amide bonds. The summed E-state index contributed by atoms with van der Waals surface area (Å²) in [6.07, 6.45) is 4.83. The Bertz CT molecular complexity index is 238. The van der Waals surface area contributed by atoms with Crippen molar-refractivity contribution in [1.29, 1.82) is 0 Å². The van der Waals surface area contributed by atoms with Crippen molar-refractivity contribution < 1.29 is 9.90 Å². The quantitative estimate of drug-likeness (QED) is 0.758. The second-order valence-electron chi connectivity index (χ2n) is 5.23. The lowest BCUT2D eigenvalue weighted by molar-refractivity contribution is -0.133. The van der Waals surface area contributed by atoms with E-state index in [1.165, 1.54) is 25.7 Å². The zero-order valence-corrected chi connectivity index (χ0v) is 11.4. The molecule has 1 saturated carbocycles. The van der Waals surface area contributed by atoms with E-state index in [9.17, 15) is 4.79 Å². The van der Waals surface area contributed by atoms with Crippen molar-refractivity contribution in [3.63, 3.8) is 0 Å². The molecule has 0 bridgehead atoms. The van der Waals surface area contributed by atoms with Gasteiger partial charge in [-0.05, 0) is 26.7 Å². The van der Waals surface area contributed by atoms with Gasteiger partial charge in [-0.3, -0.25) is 9.69 Å². The molecule has 0 aromatic heterocycles. The third kappa shape index (κ3) is 4.28. The number of rotatable bonds is 6. The van der Waals surface area contributed by atoms with Crippen molar-refractivity contribution in [3.05, 3.63) is 0 Å². The molecule has 0 spiro atoms. The van der Waals surface area contributed by atoms with Crippen molar-refractivity contribution in [3.8, 4) is 0 Å². The number of aliphatic hydroxyl groups excluding tert-OH is 1. The highest BCUT2D eigenvalue weighted by molar-refractivity contribution is 5.78. The fourth-order valence-electron chi connectivity index (χ4n) is 2.36. The van der Waals surface area contributed by atoms with Gasteiger partial charge in [-0.1, -0.05) is 12.8 Å². The molecule has 17 heavy (non-hydrogen) atoms. The van der Waals surface area contributed by atoms with E-state index in [0.717, 1.165) is 0 Å². The number of hydrogen-bond acceptors (Lipinski definition) is 3. The molecule has 1 N–H and O–H groups in total. The first-order valence-electron chi connectivity index (χ1n) is 6.66. The van der Waals surface area contributed by atoms with Crippen molar-refractivity contribution in [1.82, 2.24) is 9.80 Å². The van der Waals surface area contributed by atoms with Crippen LogP contribution in [0.1, 0.15) is 39.5 Å². The van der Waals surface area contributed by atoms with Crippen LogP contribution in [0.3, 0.4) is 0 Å². The second-order valence-corrected chi connectivity index (χ2v) is 5.23. The largest absolute Gasteiger partial charge is 0.395 e. The van der Waals surface area contributed by atoms with E-state index in [4.69, 9.17) is 5.11 Å². The molecule has 0 aromatic carbocycles. The van der Waals surface area contributed by atoms with Gasteiger partial charge in [-0.15, -0.1) is 0 Å². The lowest BCUT2D eigenvalue weighted by atomic mass is 10.2. The summed E-state index contributed by atoms with van der Waals surface area (Å²) in [5.41, 5.74) is 0. The number of nitrogens with zero attached hydrogens (tertiary/aromatic N) is 2. The van der Waals surface area contributed by atoms with Crippen LogP contribution in [0.15, 0.2) is 0 Å². The third-order valence-electron chi connectivity index (χ3n) is 3.73. The van der Waals surface area contributed by atoms with E-state index in [0.29, 0.717) is 19.1 Å². The fraction of sp³-hybridized carbons (Fsp3) is 0.923. The molecule has 0 aromatic rings.